The van der Waals surface area contributed by atoms with Crippen LogP contribution in [0.4, 0.5) is 5.69 Å². The van der Waals surface area contributed by atoms with Crippen molar-refractivity contribution >= 4 is 29.3 Å². The van der Waals surface area contributed by atoms with E-state index < -0.39 is 5.25 Å². The Kier molecular flexibility index (Phi) is 4.23. The Morgan fingerprint density at radius 3 is 2.96 bits per heavy atom. The van der Waals surface area contributed by atoms with Crippen LogP contribution < -0.4 is 20.1 Å². The summed E-state index contributed by atoms with van der Waals surface area (Å²) in [5.41, 5.74) is 1.72. The third kappa shape index (κ3) is 3.41. The molecule has 2 aliphatic heterocycles. The van der Waals surface area contributed by atoms with E-state index >= 15 is 0 Å². The molecule has 2 N–H and O–H groups in total. The summed E-state index contributed by atoms with van der Waals surface area (Å²) >= 11 is 1.42. The molecule has 128 valence electrons. The van der Waals surface area contributed by atoms with Gasteiger partial charge >= 0.3 is 0 Å². The summed E-state index contributed by atoms with van der Waals surface area (Å²) in [4.78, 5) is 25.3. The fourth-order valence-corrected chi connectivity index (χ4v) is 3.83. The van der Waals surface area contributed by atoms with E-state index in [1.807, 2.05) is 42.5 Å². The third-order valence-corrected chi connectivity index (χ3v) is 5.28. The van der Waals surface area contributed by atoms with Crippen molar-refractivity contribution in [3.63, 3.8) is 0 Å². The number of hydrogen-bond acceptors (Lipinski definition) is 5. The van der Waals surface area contributed by atoms with Gasteiger partial charge in [0.05, 0.1) is 10.9 Å². The van der Waals surface area contributed by atoms with Crippen molar-refractivity contribution in [2.45, 2.75) is 23.1 Å². The molecule has 0 saturated carbocycles. The van der Waals surface area contributed by atoms with Gasteiger partial charge in [0.15, 0.2) is 11.5 Å². The number of fused-ring (bicyclic) bond motifs is 2. The van der Waals surface area contributed by atoms with Gasteiger partial charge in [0, 0.05) is 17.9 Å². The number of anilines is 1. The van der Waals surface area contributed by atoms with Crippen LogP contribution in [0.3, 0.4) is 0 Å². The number of ether oxygens (including phenoxy) is 2. The average molecular weight is 356 g/mol. The van der Waals surface area contributed by atoms with Crippen LogP contribution >= 0.6 is 11.8 Å². The molecule has 2 heterocycles. The molecule has 0 aliphatic carbocycles. The minimum absolute atomic E-state index is 0.134. The summed E-state index contributed by atoms with van der Waals surface area (Å²) in [5, 5.41) is 5.28. The van der Waals surface area contributed by atoms with Crippen molar-refractivity contribution in [3.05, 3.63) is 48.0 Å². The normalized spacial score (nSPS) is 17.6. The molecule has 2 aliphatic rings. The second-order valence-corrected chi connectivity index (χ2v) is 7.00. The highest BCUT2D eigenvalue weighted by Gasteiger charge is 2.28. The fraction of sp³-hybridized carbons (Fsp3) is 0.222. The largest absolute Gasteiger partial charge is 0.454 e. The summed E-state index contributed by atoms with van der Waals surface area (Å²) in [5.74, 6) is 1.10. The number of benzene rings is 2. The van der Waals surface area contributed by atoms with E-state index in [0.29, 0.717) is 18.0 Å². The smallest absolute Gasteiger partial charge is 0.238 e. The summed E-state index contributed by atoms with van der Waals surface area (Å²) in [7, 11) is 0. The van der Waals surface area contributed by atoms with E-state index in [1.54, 1.807) is 0 Å². The lowest BCUT2D eigenvalue weighted by molar-refractivity contribution is -0.124. The first kappa shape index (κ1) is 15.8. The van der Waals surface area contributed by atoms with Gasteiger partial charge in [0.25, 0.3) is 0 Å². The fourth-order valence-electron chi connectivity index (χ4n) is 2.72. The second kappa shape index (κ2) is 6.68. The van der Waals surface area contributed by atoms with Gasteiger partial charge in [-0.1, -0.05) is 18.2 Å². The van der Waals surface area contributed by atoms with Crippen LogP contribution in [-0.2, 0) is 16.1 Å². The molecule has 25 heavy (non-hydrogen) atoms. The number of para-hydroxylation sites is 1. The molecule has 4 rings (SSSR count). The zero-order valence-corrected chi connectivity index (χ0v) is 14.1. The molecule has 2 aromatic rings. The van der Waals surface area contributed by atoms with E-state index in [4.69, 9.17) is 9.47 Å². The third-order valence-electron chi connectivity index (χ3n) is 4.00. The highest BCUT2D eigenvalue weighted by Crippen LogP contribution is 2.36. The van der Waals surface area contributed by atoms with E-state index in [-0.39, 0.29) is 25.0 Å². The molecule has 0 spiro atoms. The standard InChI is InChI=1S/C18H16N2O4S/c21-17(19-9-11-5-6-13-14(7-11)24-10-23-13)8-16-18(22)20-12-3-1-2-4-15(12)25-16/h1-7,16H,8-10H2,(H,19,21)(H,20,22). The van der Waals surface area contributed by atoms with Gasteiger partial charge in [-0.05, 0) is 29.8 Å². The molecule has 1 unspecified atom stereocenters. The van der Waals surface area contributed by atoms with Crippen LogP contribution in [0.5, 0.6) is 11.5 Å². The molecule has 1 atom stereocenters. The van der Waals surface area contributed by atoms with E-state index in [1.165, 1.54) is 11.8 Å². The molecule has 2 amide bonds. The summed E-state index contributed by atoms with van der Waals surface area (Å²) in [6.07, 6.45) is 0.134. The van der Waals surface area contributed by atoms with Crippen LogP contribution in [0.2, 0.25) is 0 Å². The van der Waals surface area contributed by atoms with E-state index in [9.17, 15) is 9.59 Å². The van der Waals surface area contributed by atoms with Crippen molar-refractivity contribution in [2.75, 3.05) is 12.1 Å². The molecule has 6 nitrogen and oxygen atoms in total. The number of carbonyl (C=O) groups is 2. The van der Waals surface area contributed by atoms with Gasteiger partial charge < -0.3 is 20.1 Å². The van der Waals surface area contributed by atoms with Gasteiger partial charge in [-0.3, -0.25) is 9.59 Å². The van der Waals surface area contributed by atoms with Gasteiger partial charge in [0.2, 0.25) is 18.6 Å². The Bertz CT molecular complexity index is 840. The van der Waals surface area contributed by atoms with Gasteiger partial charge in [-0.2, -0.15) is 0 Å². The van der Waals surface area contributed by atoms with Gasteiger partial charge in [-0.15, -0.1) is 11.8 Å². The zero-order chi connectivity index (χ0) is 17.2. The Morgan fingerprint density at radius 1 is 1.20 bits per heavy atom. The van der Waals surface area contributed by atoms with E-state index in [0.717, 1.165) is 16.1 Å². The maximum absolute atomic E-state index is 12.2. The summed E-state index contributed by atoms with van der Waals surface area (Å²) < 4.78 is 10.6. The Labute approximate surface area is 148 Å². The van der Waals surface area contributed by atoms with Crippen LogP contribution in [0, 0.1) is 0 Å². The lowest BCUT2D eigenvalue weighted by atomic mass is 10.2. The Hall–Kier alpha value is -2.67. The average Bonchev–Trinajstić information content (AvgIpc) is 3.08. The summed E-state index contributed by atoms with van der Waals surface area (Å²) in [6, 6.07) is 13.1. The molecular weight excluding hydrogens is 340 g/mol. The zero-order valence-electron chi connectivity index (χ0n) is 13.3. The van der Waals surface area contributed by atoms with Crippen molar-refractivity contribution in [2.24, 2.45) is 0 Å². The molecule has 0 saturated heterocycles. The molecule has 0 fully saturated rings. The molecule has 0 radical (unpaired) electrons. The maximum atomic E-state index is 12.2. The monoisotopic (exact) mass is 356 g/mol. The van der Waals surface area contributed by atoms with Crippen LogP contribution in [-0.4, -0.2) is 23.9 Å². The first-order valence-electron chi connectivity index (χ1n) is 7.91. The first-order chi connectivity index (χ1) is 12.2. The lowest BCUT2D eigenvalue weighted by Gasteiger charge is -2.23. The highest BCUT2D eigenvalue weighted by molar-refractivity contribution is 8.01. The van der Waals surface area contributed by atoms with Crippen LogP contribution in [0.1, 0.15) is 12.0 Å². The van der Waals surface area contributed by atoms with Crippen molar-refractivity contribution < 1.29 is 19.1 Å². The molecule has 7 heteroatoms. The second-order valence-electron chi connectivity index (χ2n) is 5.76. The minimum atomic E-state index is -0.424. The van der Waals surface area contributed by atoms with Crippen LogP contribution in [0.25, 0.3) is 0 Å². The molecular formula is C18H16N2O4S. The topological polar surface area (TPSA) is 76.7 Å². The van der Waals surface area contributed by atoms with Crippen molar-refractivity contribution in [3.8, 4) is 11.5 Å². The predicted octanol–water partition coefficient (Wildman–Crippen LogP) is 2.53. The van der Waals surface area contributed by atoms with Gasteiger partial charge in [0.1, 0.15) is 0 Å². The van der Waals surface area contributed by atoms with Crippen molar-refractivity contribution in [1.82, 2.24) is 5.32 Å². The number of nitrogens with one attached hydrogen (secondary N) is 2. The number of amides is 2. The predicted molar refractivity (Wildman–Crippen MR) is 93.7 cm³/mol. The number of hydrogen-bond donors (Lipinski definition) is 2. The van der Waals surface area contributed by atoms with Crippen LogP contribution in [0.15, 0.2) is 47.4 Å². The van der Waals surface area contributed by atoms with E-state index in [2.05, 4.69) is 10.6 Å². The lowest BCUT2D eigenvalue weighted by Crippen LogP contribution is -2.34. The molecule has 0 aromatic heterocycles. The highest BCUT2D eigenvalue weighted by atomic mass is 32.2. The number of rotatable bonds is 4. The Balaban J connectivity index is 1.34. The Morgan fingerprint density at radius 2 is 2.04 bits per heavy atom. The number of carbonyl (C=O) groups excluding carboxylic acids is 2. The molecule has 0 bridgehead atoms. The quantitative estimate of drug-likeness (QED) is 0.880. The minimum Gasteiger partial charge on any atom is -0.454 e. The summed E-state index contributed by atoms with van der Waals surface area (Å²) in [6.45, 7) is 0.603. The maximum Gasteiger partial charge on any atom is 0.238 e. The first-order valence-corrected chi connectivity index (χ1v) is 8.79. The molecule has 2 aromatic carbocycles. The van der Waals surface area contributed by atoms with Crippen molar-refractivity contribution in [1.29, 1.82) is 0 Å². The number of thioether (sulfide) groups is 1. The SMILES string of the molecule is O=C(CC1Sc2ccccc2NC1=O)NCc1ccc2c(c1)OCO2. The van der Waals surface area contributed by atoms with Gasteiger partial charge in [-0.25, -0.2) is 0 Å².